The molecule has 0 radical (unpaired) electrons. The van der Waals surface area contributed by atoms with Crippen LogP contribution in [-0.4, -0.2) is 53.0 Å². The highest BCUT2D eigenvalue weighted by Crippen LogP contribution is 2.41. The van der Waals surface area contributed by atoms with Crippen LogP contribution in [0.15, 0.2) is 59.7 Å². The highest BCUT2D eigenvalue weighted by atomic mass is 16.7. The van der Waals surface area contributed by atoms with Crippen LogP contribution in [0.3, 0.4) is 0 Å². The van der Waals surface area contributed by atoms with Gasteiger partial charge in [-0.3, -0.25) is 4.79 Å². The Morgan fingerprint density at radius 2 is 1.10 bits per heavy atom. The molecule has 1 spiro atoms. The zero-order valence-electron chi connectivity index (χ0n) is 18.7. The predicted octanol–water partition coefficient (Wildman–Crippen LogP) is 4.39. The van der Waals surface area contributed by atoms with Gasteiger partial charge in [-0.25, -0.2) is 0 Å². The number of carbonyl (C=O) groups excluding carboxylic acids is 1. The average Bonchev–Trinajstić information content (AvgIpc) is 3.20. The highest BCUT2D eigenvalue weighted by Gasteiger charge is 2.44. The second-order valence-corrected chi connectivity index (χ2v) is 8.60. The minimum Gasteiger partial charge on any atom is -0.378 e. The van der Waals surface area contributed by atoms with Gasteiger partial charge in [0.15, 0.2) is 11.6 Å². The summed E-state index contributed by atoms with van der Waals surface area (Å²) in [4.78, 5) is 17.5. The summed E-state index contributed by atoms with van der Waals surface area (Å²) in [5.74, 6) is -0.670. The molecular formula is C26H30N2O3. The lowest BCUT2D eigenvalue weighted by atomic mass is 9.82. The number of hydrogen-bond acceptors (Lipinski definition) is 5. The van der Waals surface area contributed by atoms with Crippen LogP contribution in [0.2, 0.25) is 0 Å². The van der Waals surface area contributed by atoms with Crippen molar-refractivity contribution < 1.29 is 14.3 Å². The summed E-state index contributed by atoms with van der Waals surface area (Å²) in [6, 6.07) is 16.4. The van der Waals surface area contributed by atoms with Gasteiger partial charge in [0.25, 0.3) is 0 Å². The van der Waals surface area contributed by atoms with Crippen molar-refractivity contribution in [3.05, 3.63) is 70.8 Å². The van der Waals surface area contributed by atoms with E-state index in [0.717, 1.165) is 33.6 Å². The monoisotopic (exact) mass is 418 g/mol. The fourth-order valence-electron chi connectivity index (χ4n) is 4.08. The Morgan fingerprint density at radius 1 is 0.710 bits per heavy atom. The van der Waals surface area contributed by atoms with Crippen LogP contribution in [-0.2, 0) is 14.3 Å². The maximum absolute atomic E-state index is 13.4. The fourth-order valence-corrected chi connectivity index (χ4v) is 4.08. The summed E-state index contributed by atoms with van der Waals surface area (Å²) < 4.78 is 12.0. The molecule has 1 aliphatic heterocycles. The van der Waals surface area contributed by atoms with Crippen LogP contribution in [0.25, 0.3) is 12.2 Å². The van der Waals surface area contributed by atoms with E-state index in [-0.39, 0.29) is 5.78 Å². The number of ether oxygens (including phenoxy) is 2. The number of carbonyl (C=O) groups is 1. The van der Waals surface area contributed by atoms with Crippen molar-refractivity contribution in [2.45, 2.75) is 18.6 Å². The quantitative estimate of drug-likeness (QED) is 0.689. The van der Waals surface area contributed by atoms with Crippen LogP contribution in [0, 0.1) is 0 Å². The summed E-state index contributed by atoms with van der Waals surface area (Å²) in [5, 5.41) is 0. The minimum absolute atomic E-state index is 0.0677. The molecule has 0 N–H and O–H groups in total. The van der Waals surface area contributed by atoms with E-state index >= 15 is 0 Å². The highest BCUT2D eigenvalue weighted by molar-refractivity contribution is 6.14. The molecule has 1 saturated heterocycles. The number of anilines is 2. The molecule has 4 rings (SSSR count). The topological polar surface area (TPSA) is 42.0 Å². The molecule has 5 heteroatoms. The third kappa shape index (κ3) is 4.73. The van der Waals surface area contributed by atoms with Crippen molar-refractivity contribution in [1.82, 2.24) is 0 Å². The van der Waals surface area contributed by atoms with E-state index in [2.05, 4.69) is 34.1 Å². The molecule has 162 valence electrons. The minimum atomic E-state index is -0.737. The molecule has 0 unspecified atom stereocenters. The van der Waals surface area contributed by atoms with Gasteiger partial charge in [0.05, 0.1) is 13.2 Å². The molecule has 1 saturated carbocycles. The first-order valence-electron chi connectivity index (χ1n) is 10.6. The van der Waals surface area contributed by atoms with Crippen molar-refractivity contribution in [2.75, 3.05) is 51.2 Å². The van der Waals surface area contributed by atoms with E-state index in [1.165, 1.54) is 0 Å². The molecule has 1 aliphatic carbocycles. The van der Waals surface area contributed by atoms with Gasteiger partial charge in [-0.1, -0.05) is 24.3 Å². The summed E-state index contributed by atoms with van der Waals surface area (Å²) in [6.45, 7) is 1.12. The second-order valence-electron chi connectivity index (χ2n) is 8.60. The van der Waals surface area contributed by atoms with Crippen molar-refractivity contribution >= 4 is 29.3 Å². The Morgan fingerprint density at radius 3 is 1.45 bits per heavy atom. The van der Waals surface area contributed by atoms with Crippen molar-refractivity contribution in [1.29, 1.82) is 0 Å². The second kappa shape index (κ2) is 8.69. The van der Waals surface area contributed by atoms with Gasteiger partial charge < -0.3 is 19.3 Å². The first-order valence-corrected chi connectivity index (χ1v) is 10.6. The van der Waals surface area contributed by atoms with Crippen LogP contribution < -0.4 is 9.80 Å². The maximum Gasteiger partial charge on any atom is 0.185 e. The van der Waals surface area contributed by atoms with Crippen molar-refractivity contribution in [2.24, 2.45) is 0 Å². The van der Waals surface area contributed by atoms with Gasteiger partial charge in [0.1, 0.15) is 0 Å². The molecular weight excluding hydrogens is 388 g/mol. The van der Waals surface area contributed by atoms with Gasteiger partial charge in [-0.15, -0.1) is 0 Å². The molecule has 5 nitrogen and oxygen atoms in total. The zero-order valence-corrected chi connectivity index (χ0v) is 18.7. The van der Waals surface area contributed by atoms with E-state index < -0.39 is 5.79 Å². The third-order valence-electron chi connectivity index (χ3n) is 5.82. The molecule has 2 aromatic rings. The Hall–Kier alpha value is -2.89. The van der Waals surface area contributed by atoms with Gasteiger partial charge in [-0.05, 0) is 47.5 Å². The summed E-state index contributed by atoms with van der Waals surface area (Å²) in [5.41, 5.74) is 5.69. The molecule has 0 bridgehead atoms. The lowest BCUT2D eigenvalue weighted by molar-refractivity contribution is -0.161. The van der Waals surface area contributed by atoms with Gasteiger partial charge in [0.2, 0.25) is 0 Å². The molecule has 0 aromatic heterocycles. The van der Waals surface area contributed by atoms with Crippen LogP contribution in [0.5, 0.6) is 0 Å². The Labute approximate surface area is 184 Å². The van der Waals surface area contributed by atoms with Crippen LogP contribution >= 0.6 is 0 Å². The summed E-state index contributed by atoms with van der Waals surface area (Å²) in [6.07, 6.45) is 4.88. The Bertz CT molecular complexity index is 920. The molecule has 1 heterocycles. The van der Waals surface area contributed by atoms with E-state index in [9.17, 15) is 4.79 Å². The lowest BCUT2D eigenvalue weighted by Gasteiger charge is -2.33. The summed E-state index contributed by atoms with van der Waals surface area (Å²) in [7, 11) is 8.05. The fraction of sp³-hybridized carbons (Fsp3) is 0.346. The SMILES string of the molecule is CN(C)c1ccc(/C=C2/CC3(C/C(=C/c4ccc(N(C)C)cc4)C2=O)OCCO3)cc1. The van der Waals surface area contributed by atoms with Crippen LogP contribution in [0.4, 0.5) is 11.4 Å². The number of hydrogen-bond donors (Lipinski definition) is 0. The predicted molar refractivity (Wildman–Crippen MR) is 126 cm³/mol. The van der Waals surface area contributed by atoms with Gasteiger partial charge >= 0.3 is 0 Å². The smallest absolute Gasteiger partial charge is 0.185 e. The Kier molecular flexibility index (Phi) is 5.99. The molecule has 2 aliphatic rings. The first-order chi connectivity index (χ1) is 14.8. The maximum atomic E-state index is 13.4. The standard InChI is InChI=1S/C26H30N2O3/c1-27(2)23-9-5-19(6-10-23)15-21-17-26(30-13-14-31-26)18-22(25(21)29)16-20-7-11-24(12-8-20)28(3)4/h5-12,15-16H,13-14,17-18H2,1-4H3/b21-15-,22-16-. The molecule has 2 fully saturated rings. The number of benzene rings is 2. The Balaban J connectivity index is 1.66. The van der Waals surface area contributed by atoms with Gasteiger partial charge in [0, 0.05) is 63.6 Å². The van der Waals surface area contributed by atoms with E-state index in [0.29, 0.717) is 26.1 Å². The van der Waals surface area contributed by atoms with E-state index in [4.69, 9.17) is 9.47 Å². The zero-order chi connectivity index (χ0) is 22.0. The van der Waals surface area contributed by atoms with Crippen LogP contribution in [0.1, 0.15) is 24.0 Å². The third-order valence-corrected chi connectivity index (χ3v) is 5.82. The molecule has 0 amide bonds. The molecule has 2 aromatic carbocycles. The number of ketones is 1. The van der Waals surface area contributed by atoms with Crippen molar-refractivity contribution in [3.8, 4) is 0 Å². The van der Waals surface area contributed by atoms with E-state index in [1.54, 1.807) is 0 Å². The number of Topliss-reactive ketones (excluding diaryl/α,β-unsaturated/α-hetero) is 1. The number of rotatable bonds is 4. The normalized spacial score (nSPS) is 20.6. The molecule has 0 atom stereocenters. The van der Waals surface area contributed by atoms with E-state index in [1.807, 2.05) is 64.6 Å². The number of nitrogens with zero attached hydrogens (tertiary/aromatic N) is 2. The largest absolute Gasteiger partial charge is 0.378 e. The first kappa shape index (κ1) is 21.3. The lowest BCUT2D eigenvalue weighted by Crippen LogP contribution is -2.38. The van der Waals surface area contributed by atoms with Crippen molar-refractivity contribution in [3.63, 3.8) is 0 Å². The average molecular weight is 419 g/mol. The molecule has 31 heavy (non-hydrogen) atoms. The summed E-state index contributed by atoms with van der Waals surface area (Å²) >= 11 is 0. The van der Waals surface area contributed by atoms with Gasteiger partial charge in [-0.2, -0.15) is 0 Å².